The fourth-order valence-electron chi connectivity index (χ4n) is 1.89. The van der Waals surface area contributed by atoms with E-state index in [9.17, 15) is 9.18 Å². The monoisotopic (exact) mass is 293 g/mol. The van der Waals surface area contributed by atoms with Crippen molar-refractivity contribution < 1.29 is 18.9 Å². The van der Waals surface area contributed by atoms with Gasteiger partial charge in [0.05, 0.1) is 13.0 Å². The van der Waals surface area contributed by atoms with Gasteiger partial charge in [-0.3, -0.25) is 4.79 Å². The highest BCUT2D eigenvalue weighted by molar-refractivity contribution is 5.78. The Kier molecular flexibility index (Phi) is 4.99. The molecule has 0 spiro atoms. The van der Waals surface area contributed by atoms with Gasteiger partial charge in [0.2, 0.25) is 5.91 Å². The van der Waals surface area contributed by atoms with E-state index in [0.717, 1.165) is 5.56 Å². The van der Waals surface area contributed by atoms with Gasteiger partial charge in [-0.05, 0) is 24.6 Å². The van der Waals surface area contributed by atoms with Gasteiger partial charge in [0.15, 0.2) is 0 Å². The summed E-state index contributed by atoms with van der Waals surface area (Å²) < 4.78 is 17.4. The Balaban J connectivity index is 2.05. The summed E-state index contributed by atoms with van der Waals surface area (Å²) in [5.74, 6) is -0.532. The zero-order valence-electron chi connectivity index (χ0n) is 11.6. The van der Waals surface area contributed by atoms with E-state index >= 15 is 0 Å². The smallest absolute Gasteiger partial charge is 0.229 e. The van der Waals surface area contributed by atoms with Crippen molar-refractivity contribution in [3.63, 3.8) is 0 Å². The van der Waals surface area contributed by atoms with Crippen LogP contribution in [0.1, 0.15) is 17.0 Å². The average molecular weight is 293 g/mol. The van der Waals surface area contributed by atoms with Gasteiger partial charge in [-0.25, -0.2) is 9.02 Å². The Morgan fingerprint density at radius 1 is 1.33 bits per heavy atom. The minimum atomic E-state index is -0.330. The zero-order valence-corrected chi connectivity index (χ0v) is 11.6. The largest absolute Gasteiger partial charge is 0.395 e. The van der Waals surface area contributed by atoms with E-state index in [4.69, 9.17) is 5.11 Å². The normalized spacial score (nSPS) is 10.6. The molecule has 0 atom stereocenters. The van der Waals surface area contributed by atoms with Crippen molar-refractivity contribution in [3.8, 4) is 0 Å². The van der Waals surface area contributed by atoms with Gasteiger partial charge in [0.1, 0.15) is 17.2 Å². The molecule has 1 aromatic carbocycles. The van der Waals surface area contributed by atoms with Crippen LogP contribution in [0.3, 0.4) is 0 Å². The number of hydrogen-bond donors (Lipinski definition) is 1. The summed E-state index contributed by atoms with van der Waals surface area (Å²) in [6.07, 6.45) is 0.0521. The van der Waals surface area contributed by atoms with Gasteiger partial charge in [-0.15, -0.1) is 0 Å². The summed E-state index contributed by atoms with van der Waals surface area (Å²) in [6, 6.07) is 5.89. The minimum Gasteiger partial charge on any atom is -0.395 e. The minimum absolute atomic E-state index is 0.0521. The average Bonchev–Trinajstić information content (AvgIpc) is 2.86. The molecule has 1 amide bonds. The molecular weight excluding hydrogens is 277 g/mol. The van der Waals surface area contributed by atoms with E-state index in [1.807, 2.05) is 0 Å². The molecule has 2 aromatic rings. The maximum atomic E-state index is 12.9. The van der Waals surface area contributed by atoms with Crippen LogP contribution in [0, 0.1) is 12.7 Å². The number of aliphatic hydroxyl groups is 1. The molecule has 0 aliphatic carbocycles. The summed E-state index contributed by atoms with van der Waals surface area (Å²) in [4.78, 5) is 13.7. The van der Waals surface area contributed by atoms with E-state index in [-0.39, 0.29) is 31.3 Å². The van der Waals surface area contributed by atoms with Crippen LogP contribution in [-0.2, 0) is 17.8 Å². The first-order valence-electron chi connectivity index (χ1n) is 6.51. The first-order valence-corrected chi connectivity index (χ1v) is 6.51. The molecule has 0 saturated carbocycles. The number of aryl methyl sites for hydroxylation is 1. The lowest BCUT2D eigenvalue weighted by Crippen LogP contribution is -2.34. The van der Waals surface area contributed by atoms with E-state index in [2.05, 4.69) is 14.9 Å². The molecule has 0 aliphatic rings. The van der Waals surface area contributed by atoms with Crippen LogP contribution >= 0.6 is 0 Å². The first-order chi connectivity index (χ1) is 10.1. The Hall–Kier alpha value is -2.28. The van der Waals surface area contributed by atoms with Gasteiger partial charge in [-0.2, -0.15) is 0 Å². The molecule has 7 heteroatoms. The van der Waals surface area contributed by atoms with Crippen molar-refractivity contribution in [1.29, 1.82) is 0 Å². The van der Waals surface area contributed by atoms with E-state index < -0.39 is 0 Å². The second kappa shape index (κ2) is 6.94. The summed E-state index contributed by atoms with van der Waals surface area (Å²) in [5.41, 5.74) is 1.82. The predicted octanol–water partition coefficient (Wildman–Crippen LogP) is 1.08. The van der Waals surface area contributed by atoms with Crippen LogP contribution in [0.5, 0.6) is 0 Å². The zero-order chi connectivity index (χ0) is 15.2. The third-order valence-electron chi connectivity index (χ3n) is 3.07. The number of rotatable bonds is 6. The maximum absolute atomic E-state index is 12.9. The molecule has 2 rings (SSSR count). The number of hydrogen-bond acceptors (Lipinski definition) is 5. The van der Waals surface area contributed by atoms with Gasteiger partial charge in [0, 0.05) is 13.1 Å². The number of halogens is 1. The molecule has 0 bridgehead atoms. The van der Waals surface area contributed by atoms with Crippen molar-refractivity contribution in [1.82, 2.24) is 15.2 Å². The summed E-state index contributed by atoms with van der Waals surface area (Å²) >= 11 is 0. The maximum Gasteiger partial charge on any atom is 0.229 e. The molecule has 21 heavy (non-hydrogen) atoms. The number of benzene rings is 1. The molecule has 1 N–H and O–H groups in total. The Morgan fingerprint density at radius 3 is 2.62 bits per heavy atom. The predicted molar refractivity (Wildman–Crippen MR) is 71.6 cm³/mol. The highest BCUT2D eigenvalue weighted by Gasteiger charge is 2.17. The van der Waals surface area contributed by atoms with Crippen molar-refractivity contribution >= 4 is 5.91 Å². The standard InChI is InChI=1S/C14H16FN3O3/c1-10-13(17-21-16-10)8-14(20)18(6-7-19)9-11-2-4-12(15)5-3-11/h2-5,19H,6-9H2,1H3. The van der Waals surface area contributed by atoms with E-state index in [1.165, 1.54) is 17.0 Å². The third kappa shape index (κ3) is 4.09. The lowest BCUT2D eigenvalue weighted by molar-refractivity contribution is -0.131. The second-order valence-corrected chi connectivity index (χ2v) is 4.64. The molecule has 0 unspecified atom stereocenters. The van der Waals surface area contributed by atoms with Gasteiger partial charge in [0.25, 0.3) is 0 Å². The molecule has 1 aromatic heterocycles. The molecule has 1 heterocycles. The fraction of sp³-hybridized carbons (Fsp3) is 0.357. The van der Waals surface area contributed by atoms with Crippen LogP contribution < -0.4 is 0 Å². The van der Waals surface area contributed by atoms with Crippen molar-refractivity contribution in [2.24, 2.45) is 0 Å². The lowest BCUT2D eigenvalue weighted by Gasteiger charge is -2.21. The van der Waals surface area contributed by atoms with Gasteiger partial charge in [-0.1, -0.05) is 22.4 Å². The van der Waals surface area contributed by atoms with Crippen molar-refractivity contribution in [3.05, 3.63) is 47.0 Å². The third-order valence-corrected chi connectivity index (χ3v) is 3.07. The van der Waals surface area contributed by atoms with E-state index in [1.54, 1.807) is 19.1 Å². The summed E-state index contributed by atoms with van der Waals surface area (Å²) in [6.45, 7) is 2.04. The summed E-state index contributed by atoms with van der Waals surface area (Å²) in [7, 11) is 0. The number of aliphatic hydroxyl groups excluding tert-OH is 1. The lowest BCUT2D eigenvalue weighted by atomic mass is 10.2. The second-order valence-electron chi connectivity index (χ2n) is 4.64. The molecular formula is C14H16FN3O3. The Morgan fingerprint density at radius 2 is 2.05 bits per heavy atom. The number of carbonyl (C=O) groups is 1. The molecule has 0 saturated heterocycles. The molecule has 0 fully saturated rings. The van der Waals surface area contributed by atoms with Crippen LogP contribution in [0.2, 0.25) is 0 Å². The Labute approximate surface area is 121 Å². The number of amides is 1. The Bertz CT molecular complexity index is 598. The fourth-order valence-corrected chi connectivity index (χ4v) is 1.89. The number of nitrogens with zero attached hydrogens (tertiary/aromatic N) is 3. The van der Waals surface area contributed by atoms with Crippen LogP contribution in [0.4, 0.5) is 4.39 Å². The summed E-state index contributed by atoms with van der Waals surface area (Å²) in [5, 5.41) is 16.4. The molecule has 6 nitrogen and oxygen atoms in total. The molecule has 112 valence electrons. The van der Waals surface area contributed by atoms with Gasteiger partial charge < -0.3 is 10.0 Å². The number of carbonyl (C=O) groups excluding carboxylic acids is 1. The topological polar surface area (TPSA) is 79.5 Å². The quantitative estimate of drug-likeness (QED) is 0.862. The van der Waals surface area contributed by atoms with Crippen LogP contribution in [-0.4, -0.2) is 39.4 Å². The highest BCUT2D eigenvalue weighted by atomic mass is 19.1. The van der Waals surface area contributed by atoms with E-state index in [0.29, 0.717) is 17.9 Å². The molecule has 0 radical (unpaired) electrons. The first kappa shape index (κ1) is 15.1. The van der Waals surface area contributed by atoms with Crippen molar-refractivity contribution in [2.45, 2.75) is 19.9 Å². The highest BCUT2D eigenvalue weighted by Crippen LogP contribution is 2.10. The number of aromatic nitrogens is 2. The molecule has 0 aliphatic heterocycles. The van der Waals surface area contributed by atoms with Crippen LogP contribution in [0.25, 0.3) is 0 Å². The van der Waals surface area contributed by atoms with Crippen molar-refractivity contribution in [2.75, 3.05) is 13.2 Å². The van der Waals surface area contributed by atoms with Gasteiger partial charge >= 0.3 is 0 Å². The SMILES string of the molecule is Cc1nonc1CC(=O)N(CCO)Cc1ccc(F)cc1. The van der Waals surface area contributed by atoms with Crippen LogP contribution in [0.15, 0.2) is 28.9 Å².